The van der Waals surface area contributed by atoms with Crippen LogP contribution in [0.2, 0.25) is 0 Å². The molecule has 0 unspecified atom stereocenters. The van der Waals surface area contributed by atoms with E-state index in [1.165, 1.54) is 17.1 Å². The first-order chi connectivity index (χ1) is 14.1. The van der Waals surface area contributed by atoms with Gasteiger partial charge in [0.1, 0.15) is 5.56 Å². The standard InChI is InChI=1S/C21H26N4O3S/c26-12-17-2-1-5-24(17)20(27)18-3-4-19-16-6-14(10-25(19)21(18)28)8-23(11-16)9-15-7-22-29-13-15/h3-4,7,13-14,16-17,26H,1-2,5-6,8-12H2/t14-,16+,17-/m0/s1. The van der Waals surface area contributed by atoms with E-state index < -0.39 is 0 Å². The first kappa shape index (κ1) is 19.0. The van der Waals surface area contributed by atoms with Crippen molar-refractivity contribution in [2.45, 2.75) is 44.3 Å². The maximum atomic E-state index is 13.2. The summed E-state index contributed by atoms with van der Waals surface area (Å²) in [6, 6.07) is 3.53. The lowest BCUT2D eigenvalue weighted by Gasteiger charge is -2.42. The van der Waals surface area contributed by atoms with Gasteiger partial charge in [-0.25, -0.2) is 4.37 Å². The molecule has 8 heteroatoms. The summed E-state index contributed by atoms with van der Waals surface area (Å²) < 4.78 is 6.04. The Morgan fingerprint density at radius 1 is 1.28 bits per heavy atom. The van der Waals surface area contributed by atoms with E-state index in [1.54, 1.807) is 11.0 Å². The van der Waals surface area contributed by atoms with E-state index in [9.17, 15) is 14.7 Å². The molecule has 29 heavy (non-hydrogen) atoms. The van der Waals surface area contributed by atoms with Crippen LogP contribution >= 0.6 is 11.5 Å². The lowest BCUT2D eigenvalue weighted by Crippen LogP contribution is -2.48. The average molecular weight is 415 g/mol. The van der Waals surface area contributed by atoms with Crippen molar-refractivity contribution >= 4 is 17.4 Å². The molecule has 2 bridgehead atoms. The number of rotatable bonds is 4. The van der Waals surface area contributed by atoms with E-state index in [0.29, 0.717) is 24.9 Å². The first-order valence-electron chi connectivity index (χ1n) is 10.4. The van der Waals surface area contributed by atoms with Crippen molar-refractivity contribution in [3.05, 3.63) is 50.9 Å². The molecule has 2 fully saturated rings. The number of aromatic nitrogens is 2. The van der Waals surface area contributed by atoms with Crippen molar-refractivity contribution in [3.63, 3.8) is 0 Å². The fraction of sp³-hybridized carbons (Fsp3) is 0.571. The van der Waals surface area contributed by atoms with Gasteiger partial charge in [0, 0.05) is 55.9 Å². The predicted octanol–water partition coefficient (Wildman–Crippen LogP) is 1.52. The van der Waals surface area contributed by atoms with Gasteiger partial charge in [-0.05, 0) is 54.4 Å². The van der Waals surface area contributed by atoms with Gasteiger partial charge in [0.15, 0.2) is 0 Å². The second-order valence-corrected chi connectivity index (χ2v) is 9.25. The van der Waals surface area contributed by atoms with Crippen LogP contribution in [0.5, 0.6) is 0 Å². The third-order valence-electron chi connectivity index (χ3n) is 6.65. The maximum Gasteiger partial charge on any atom is 0.263 e. The predicted molar refractivity (Wildman–Crippen MR) is 110 cm³/mol. The number of aliphatic hydroxyl groups excluding tert-OH is 1. The molecule has 0 radical (unpaired) electrons. The maximum absolute atomic E-state index is 13.2. The Labute approximate surface area is 173 Å². The van der Waals surface area contributed by atoms with Crippen LogP contribution in [0, 0.1) is 5.92 Å². The van der Waals surface area contributed by atoms with Gasteiger partial charge in [-0.3, -0.25) is 14.5 Å². The Morgan fingerprint density at radius 3 is 2.97 bits per heavy atom. The molecule has 0 saturated carbocycles. The highest BCUT2D eigenvalue weighted by molar-refractivity contribution is 7.03. The third-order valence-corrected chi connectivity index (χ3v) is 7.28. The summed E-state index contributed by atoms with van der Waals surface area (Å²) in [4.78, 5) is 30.3. The third kappa shape index (κ3) is 3.43. The molecular weight excluding hydrogens is 388 g/mol. The summed E-state index contributed by atoms with van der Waals surface area (Å²) in [6.45, 7) is 4.04. The lowest BCUT2D eigenvalue weighted by molar-refractivity contribution is 0.0673. The Balaban J connectivity index is 1.40. The molecule has 0 aromatic carbocycles. The van der Waals surface area contributed by atoms with Gasteiger partial charge in [0.25, 0.3) is 11.5 Å². The normalized spacial score (nSPS) is 26.5. The van der Waals surface area contributed by atoms with E-state index >= 15 is 0 Å². The van der Waals surface area contributed by atoms with Crippen molar-refractivity contribution in [3.8, 4) is 0 Å². The minimum absolute atomic E-state index is 0.0440. The molecule has 3 aliphatic rings. The van der Waals surface area contributed by atoms with Gasteiger partial charge in [-0.1, -0.05) is 0 Å². The van der Waals surface area contributed by atoms with Crippen LogP contribution in [-0.2, 0) is 13.1 Å². The summed E-state index contributed by atoms with van der Waals surface area (Å²) in [5.41, 5.74) is 2.38. The molecule has 2 saturated heterocycles. The van der Waals surface area contributed by atoms with Crippen LogP contribution in [0.15, 0.2) is 28.5 Å². The van der Waals surface area contributed by atoms with E-state index in [-0.39, 0.29) is 29.7 Å². The summed E-state index contributed by atoms with van der Waals surface area (Å²) in [5.74, 6) is 0.514. The number of carbonyl (C=O) groups is 1. The van der Waals surface area contributed by atoms with Crippen LogP contribution in [0.25, 0.3) is 0 Å². The Morgan fingerprint density at radius 2 is 2.17 bits per heavy atom. The zero-order chi connectivity index (χ0) is 20.0. The number of hydrogen-bond donors (Lipinski definition) is 1. The number of fused-ring (bicyclic) bond motifs is 4. The number of hydrogen-bond acceptors (Lipinski definition) is 6. The van der Waals surface area contributed by atoms with Gasteiger partial charge in [0.2, 0.25) is 0 Å². The second-order valence-electron chi connectivity index (χ2n) is 8.59. The van der Waals surface area contributed by atoms with Crippen LogP contribution in [0.3, 0.4) is 0 Å². The van der Waals surface area contributed by atoms with E-state index in [2.05, 4.69) is 14.7 Å². The largest absolute Gasteiger partial charge is 0.394 e. The molecule has 7 nitrogen and oxygen atoms in total. The summed E-state index contributed by atoms with van der Waals surface area (Å²) >= 11 is 1.48. The first-order valence-corrected chi connectivity index (χ1v) is 11.2. The Bertz CT molecular complexity index is 957. The van der Waals surface area contributed by atoms with Gasteiger partial charge in [-0.15, -0.1) is 0 Å². The molecule has 3 atom stereocenters. The van der Waals surface area contributed by atoms with Crippen molar-refractivity contribution in [2.24, 2.45) is 5.92 Å². The van der Waals surface area contributed by atoms with Crippen LogP contribution in [0.1, 0.15) is 46.8 Å². The van der Waals surface area contributed by atoms with E-state index in [4.69, 9.17) is 0 Å². The van der Waals surface area contributed by atoms with Crippen LogP contribution in [-0.4, -0.2) is 62.0 Å². The number of nitrogens with zero attached hydrogens (tertiary/aromatic N) is 4. The van der Waals surface area contributed by atoms with Crippen molar-refractivity contribution in [2.75, 3.05) is 26.2 Å². The molecule has 3 aliphatic heterocycles. The average Bonchev–Trinajstić information content (AvgIpc) is 3.40. The minimum atomic E-state index is -0.232. The summed E-state index contributed by atoms with van der Waals surface area (Å²) in [6.07, 6.45) is 4.71. The monoisotopic (exact) mass is 414 g/mol. The number of amides is 1. The Hall–Kier alpha value is -2.03. The molecule has 1 N–H and O–H groups in total. The molecule has 5 rings (SSSR count). The fourth-order valence-electron chi connectivity index (χ4n) is 5.35. The summed E-state index contributed by atoms with van der Waals surface area (Å²) in [5, 5.41) is 11.6. The highest BCUT2D eigenvalue weighted by atomic mass is 32.1. The van der Waals surface area contributed by atoms with Gasteiger partial charge in [-0.2, -0.15) is 0 Å². The zero-order valence-corrected chi connectivity index (χ0v) is 17.2. The minimum Gasteiger partial charge on any atom is -0.394 e. The molecule has 2 aromatic rings. The highest BCUT2D eigenvalue weighted by Crippen LogP contribution is 2.36. The molecule has 2 aromatic heterocycles. The van der Waals surface area contributed by atoms with Crippen LogP contribution < -0.4 is 5.56 Å². The van der Waals surface area contributed by atoms with Gasteiger partial charge < -0.3 is 14.6 Å². The quantitative estimate of drug-likeness (QED) is 0.821. The zero-order valence-electron chi connectivity index (χ0n) is 16.4. The molecule has 5 heterocycles. The number of piperidine rings is 1. The molecule has 0 aliphatic carbocycles. The molecular formula is C21H26N4O3S. The number of pyridine rings is 1. The van der Waals surface area contributed by atoms with E-state index in [0.717, 1.165) is 44.6 Å². The van der Waals surface area contributed by atoms with E-state index in [1.807, 2.05) is 16.8 Å². The molecule has 0 spiro atoms. The fourth-order valence-corrected chi connectivity index (χ4v) is 5.88. The van der Waals surface area contributed by atoms with Gasteiger partial charge in [0.05, 0.1) is 12.6 Å². The Kier molecular flexibility index (Phi) is 5.01. The van der Waals surface area contributed by atoms with Crippen molar-refractivity contribution in [1.82, 2.24) is 18.7 Å². The van der Waals surface area contributed by atoms with Crippen LogP contribution in [0.4, 0.5) is 0 Å². The molecule has 1 amide bonds. The second kappa shape index (κ2) is 7.66. The molecule has 154 valence electrons. The number of carbonyl (C=O) groups excluding carboxylic acids is 1. The van der Waals surface area contributed by atoms with Crippen molar-refractivity contribution < 1.29 is 9.90 Å². The SMILES string of the molecule is O=C(c1ccc2n(c1=O)C[C@H]1C[C@@H]2CN(Cc2cnsc2)C1)N1CCC[C@H]1CO. The number of aliphatic hydroxyl groups is 1. The van der Waals surface area contributed by atoms with Crippen molar-refractivity contribution in [1.29, 1.82) is 0 Å². The number of likely N-dealkylation sites (tertiary alicyclic amines) is 2. The summed E-state index contributed by atoms with van der Waals surface area (Å²) in [7, 11) is 0. The topological polar surface area (TPSA) is 78.7 Å². The smallest absolute Gasteiger partial charge is 0.263 e. The highest BCUT2D eigenvalue weighted by Gasteiger charge is 2.36. The lowest BCUT2D eigenvalue weighted by atomic mass is 9.83. The van der Waals surface area contributed by atoms with Gasteiger partial charge >= 0.3 is 0 Å².